The van der Waals surface area contributed by atoms with Crippen molar-refractivity contribution in [1.29, 1.82) is 5.26 Å². The van der Waals surface area contributed by atoms with Crippen LogP contribution in [-0.4, -0.2) is 15.0 Å². The smallest absolute Gasteiger partial charge is 0.164 e. The van der Waals surface area contributed by atoms with Crippen molar-refractivity contribution in [2.75, 3.05) is 0 Å². The summed E-state index contributed by atoms with van der Waals surface area (Å²) in [5.41, 5.74) is 12.6. The van der Waals surface area contributed by atoms with Crippen LogP contribution in [0.5, 0.6) is 0 Å². The number of aromatic nitrogens is 3. The predicted octanol–water partition coefficient (Wildman–Crippen LogP) is 11.2. The first-order valence-electron chi connectivity index (χ1n) is 17.2. The van der Waals surface area contributed by atoms with Crippen molar-refractivity contribution in [3.63, 3.8) is 0 Å². The average molecular weight is 681 g/mol. The van der Waals surface area contributed by atoms with Crippen LogP contribution < -0.4 is 0 Å². The summed E-state index contributed by atoms with van der Waals surface area (Å²) in [5.74, 6) is 1.91. The number of fused-ring (bicyclic) bond motifs is 9. The van der Waals surface area contributed by atoms with E-state index in [9.17, 15) is 5.26 Å². The van der Waals surface area contributed by atoms with Gasteiger partial charge in [0, 0.05) is 26.5 Å². The zero-order chi connectivity index (χ0) is 34.6. The van der Waals surface area contributed by atoms with E-state index in [1.54, 1.807) is 11.8 Å². The third-order valence-corrected chi connectivity index (χ3v) is 11.3. The molecule has 0 amide bonds. The molecule has 0 unspecified atom stereocenters. The van der Waals surface area contributed by atoms with Gasteiger partial charge in [0.05, 0.1) is 17.0 Å². The maximum absolute atomic E-state index is 9.65. The first-order chi connectivity index (χ1) is 25.7. The second kappa shape index (κ2) is 12.0. The molecule has 1 aliphatic heterocycles. The molecule has 1 spiro atoms. The van der Waals surface area contributed by atoms with E-state index in [1.165, 1.54) is 38.3 Å². The summed E-state index contributed by atoms with van der Waals surface area (Å²) in [6, 6.07) is 61.6. The molecule has 0 N–H and O–H groups in total. The summed E-state index contributed by atoms with van der Waals surface area (Å²) in [7, 11) is 0. The van der Waals surface area contributed by atoms with E-state index in [0.717, 1.165) is 32.7 Å². The Balaban J connectivity index is 1.21. The van der Waals surface area contributed by atoms with Gasteiger partial charge in [0.15, 0.2) is 17.5 Å². The lowest BCUT2D eigenvalue weighted by atomic mass is 9.67. The third-order valence-electron chi connectivity index (χ3n) is 10.2. The van der Waals surface area contributed by atoms with E-state index in [2.05, 4.69) is 97.1 Å². The zero-order valence-electron chi connectivity index (χ0n) is 27.9. The Morgan fingerprint density at radius 3 is 1.44 bits per heavy atom. The molecule has 4 nitrogen and oxygen atoms in total. The minimum Gasteiger partial charge on any atom is -0.208 e. The van der Waals surface area contributed by atoms with Crippen LogP contribution in [0.2, 0.25) is 0 Å². The summed E-state index contributed by atoms with van der Waals surface area (Å²) in [5, 5.41) is 9.65. The lowest BCUT2D eigenvalue weighted by molar-refractivity contribution is 0.722. The van der Waals surface area contributed by atoms with Crippen LogP contribution >= 0.6 is 11.8 Å². The highest BCUT2D eigenvalue weighted by Crippen LogP contribution is 2.62. The molecular weight excluding hydrogens is 653 g/mol. The van der Waals surface area contributed by atoms with Crippen LogP contribution in [0, 0.1) is 11.3 Å². The first kappa shape index (κ1) is 30.2. The molecule has 0 bridgehead atoms. The van der Waals surface area contributed by atoms with Gasteiger partial charge in [0.2, 0.25) is 0 Å². The molecule has 0 saturated heterocycles. The van der Waals surface area contributed by atoms with Gasteiger partial charge in [-0.05, 0) is 68.8 Å². The van der Waals surface area contributed by atoms with Crippen molar-refractivity contribution in [2.24, 2.45) is 0 Å². The maximum Gasteiger partial charge on any atom is 0.164 e. The fraction of sp³-hybridized carbons (Fsp3) is 0.0213. The number of hydrogen-bond acceptors (Lipinski definition) is 5. The zero-order valence-corrected chi connectivity index (χ0v) is 28.7. The van der Waals surface area contributed by atoms with E-state index in [1.807, 2.05) is 78.9 Å². The topological polar surface area (TPSA) is 62.5 Å². The number of benzene rings is 7. The molecule has 1 aliphatic carbocycles. The lowest BCUT2D eigenvalue weighted by Crippen LogP contribution is -2.32. The van der Waals surface area contributed by atoms with E-state index in [-0.39, 0.29) is 0 Å². The van der Waals surface area contributed by atoms with Crippen molar-refractivity contribution >= 4 is 11.8 Å². The van der Waals surface area contributed by atoms with Crippen molar-refractivity contribution in [1.82, 2.24) is 15.0 Å². The molecule has 2 aliphatic rings. The third kappa shape index (κ3) is 4.66. The van der Waals surface area contributed by atoms with Gasteiger partial charge < -0.3 is 0 Å². The molecule has 242 valence electrons. The highest BCUT2D eigenvalue weighted by Gasteiger charge is 2.50. The molecule has 8 aromatic rings. The normalized spacial score (nSPS) is 13.1. The van der Waals surface area contributed by atoms with Crippen LogP contribution in [0.1, 0.15) is 27.8 Å². The minimum atomic E-state index is -0.516. The number of nitrogens with zero attached hydrogens (tertiary/aromatic N) is 4. The van der Waals surface area contributed by atoms with E-state index in [0.29, 0.717) is 23.0 Å². The van der Waals surface area contributed by atoms with Crippen molar-refractivity contribution < 1.29 is 0 Å². The summed E-state index contributed by atoms with van der Waals surface area (Å²) in [4.78, 5) is 17.4. The van der Waals surface area contributed by atoms with Crippen LogP contribution in [0.3, 0.4) is 0 Å². The van der Waals surface area contributed by atoms with E-state index >= 15 is 0 Å². The van der Waals surface area contributed by atoms with Gasteiger partial charge in [-0.15, -0.1) is 0 Å². The molecule has 52 heavy (non-hydrogen) atoms. The van der Waals surface area contributed by atoms with E-state index < -0.39 is 5.41 Å². The van der Waals surface area contributed by atoms with Crippen LogP contribution in [0.25, 0.3) is 56.4 Å². The van der Waals surface area contributed by atoms with Gasteiger partial charge in [0.25, 0.3) is 0 Å². The van der Waals surface area contributed by atoms with Crippen molar-refractivity contribution in [2.45, 2.75) is 15.2 Å². The summed E-state index contributed by atoms with van der Waals surface area (Å²) >= 11 is 1.79. The Kier molecular flexibility index (Phi) is 6.99. The molecule has 7 aromatic carbocycles. The second-order valence-electron chi connectivity index (χ2n) is 13.1. The molecule has 0 fully saturated rings. The van der Waals surface area contributed by atoms with Gasteiger partial charge in [-0.3, -0.25) is 0 Å². The van der Waals surface area contributed by atoms with Crippen LogP contribution in [0.15, 0.2) is 180 Å². The SMILES string of the molecule is N#Cc1cccc(-c2ccc3c(c2)Sc2cc(-c4nc(-c5ccccc5)nc(-c5ccccc5)n4)ccc2C32c3ccccc3-c3ccccc32)c1. The number of hydrogen-bond donors (Lipinski definition) is 0. The fourth-order valence-electron chi connectivity index (χ4n) is 7.94. The molecule has 0 radical (unpaired) electrons. The van der Waals surface area contributed by atoms with Gasteiger partial charge in [-0.1, -0.05) is 157 Å². The molecule has 0 saturated carbocycles. The quantitative estimate of drug-likeness (QED) is 0.185. The van der Waals surface area contributed by atoms with E-state index in [4.69, 9.17) is 15.0 Å². The maximum atomic E-state index is 9.65. The predicted molar refractivity (Wildman–Crippen MR) is 208 cm³/mol. The Morgan fingerprint density at radius 1 is 0.404 bits per heavy atom. The molecule has 0 atom stereocenters. The average Bonchev–Trinajstić information content (AvgIpc) is 3.51. The number of nitriles is 1. The Hall–Kier alpha value is -6.61. The highest BCUT2D eigenvalue weighted by atomic mass is 32.2. The minimum absolute atomic E-state index is 0.516. The van der Waals surface area contributed by atoms with Gasteiger partial charge in [-0.25, -0.2) is 15.0 Å². The number of rotatable bonds is 4. The first-order valence-corrected chi connectivity index (χ1v) is 18.1. The fourth-order valence-corrected chi connectivity index (χ4v) is 9.21. The van der Waals surface area contributed by atoms with Crippen molar-refractivity contribution in [3.8, 4) is 62.5 Å². The van der Waals surface area contributed by atoms with Gasteiger partial charge >= 0.3 is 0 Å². The second-order valence-corrected chi connectivity index (χ2v) is 14.2. The van der Waals surface area contributed by atoms with Gasteiger partial charge in [0.1, 0.15) is 0 Å². The molecular formula is C47H28N4S. The van der Waals surface area contributed by atoms with Crippen LogP contribution in [0.4, 0.5) is 0 Å². The lowest BCUT2D eigenvalue weighted by Gasteiger charge is -2.40. The molecule has 10 rings (SSSR count). The highest BCUT2D eigenvalue weighted by molar-refractivity contribution is 7.99. The summed E-state index contributed by atoms with van der Waals surface area (Å²) in [6.45, 7) is 0. The van der Waals surface area contributed by atoms with Gasteiger partial charge in [-0.2, -0.15) is 5.26 Å². The summed E-state index contributed by atoms with van der Waals surface area (Å²) in [6.07, 6.45) is 0. The standard InChI is InChI=1S/C47H28N4S/c48-29-30-12-11-17-33(26-30)34-22-24-40-42(27-34)52-43-28-35(23-25-41(43)47(40)38-20-9-7-18-36(38)37-19-8-10-21-39(37)47)46-50-44(31-13-3-1-4-14-31)49-45(51-46)32-15-5-2-6-16-32/h1-28H. The monoisotopic (exact) mass is 680 g/mol. The Bertz CT molecular complexity index is 2630. The summed E-state index contributed by atoms with van der Waals surface area (Å²) < 4.78 is 0. The van der Waals surface area contributed by atoms with Crippen LogP contribution in [-0.2, 0) is 5.41 Å². The Labute approximate surface area is 306 Å². The molecule has 2 heterocycles. The van der Waals surface area contributed by atoms with Crippen molar-refractivity contribution in [3.05, 3.63) is 198 Å². The largest absolute Gasteiger partial charge is 0.208 e. The molecule has 1 aromatic heterocycles. The molecule has 5 heteroatoms. The Morgan fingerprint density at radius 2 is 0.865 bits per heavy atom.